The van der Waals surface area contributed by atoms with Crippen LogP contribution in [0.3, 0.4) is 0 Å². The van der Waals surface area contributed by atoms with Gasteiger partial charge in [0.15, 0.2) is 0 Å². The fourth-order valence-electron chi connectivity index (χ4n) is 3.25. The first-order chi connectivity index (χ1) is 7.86. The molecule has 0 saturated heterocycles. The van der Waals surface area contributed by atoms with Crippen molar-refractivity contribution in [2.45, 2.75) is 52.5 Å². The topological polar surface area (TPSA) is 29.3 Å². The summed E-state index contributed by atoms with van der Waals surface area (Å²) < 4.78 is 0. The Bertz CT molecular complexity index is 435. The van der Waals surface area contributed by atoms with Crippen molar-refractivity contribution in [3.05, 3.63) is 23.3 Å². The molecule has 1 atom stereocenters. The third kappa shape index (κ3) is 1.90. The maximum absolute atomic E-state index is 6.04. The number of anilines is 2. The van der Waals surface area contributed by atoms with E-state index in [9.17, 15) is 0 Å². The minimum atomic E-state index is 0.240. The van der Waals surface area contributed by atoms with Gasteiger partial charge in [0.2, 0.25) is 0 Å². The zero-order chi connectivity index (χ0) is 12.8. The van der Waals surface area contributed by atoms with E-state index in [2.05, 4.69) is 51.7 Å². The number of fused-ring (bicyclic) bond motifs is 1. The summed E-state index contributed by atoms with van der Waals surface area (Å²) in [7, 11) is 0. The average Bonchev–Trinajstić information content (AvgIpc) is 2.21. The fourth-order valence-corrected chi connectivity index (χ4v) is 3.25. The summed E-state index contributed by atoms with van der Waals surface area (Å²) in [4.78, 5) is 2.51. The van der Waals surface area contributed by atoms with Crippen LogP contribution < -0.4 is 10.6 Å². The van der Waals surface area contributed by atoms with Gasteiger partial charge >= 0.3 is 0 Å². The van der Waals surface area contributed by atoms with Gasteiger partial charge in [0.1, 0.15) is 0 Å². The molecule has 1 aromatic rings. The van der Waals surface area contributed by atoms with Gasteiger partial charge in [-0.15, -0.1) is 0 Å². The minimum Gasteiger partial charge on any atom is -0.399 e. The number of benzene rings is 1. The number of nitrogens with zero attached hydrogens (tertiary/aromatic N) is 1. The molecular formula is C15H24N2. The summed E-state index contributed by atoms with van der Waals surface area (Å²) in [5, 5.41) is 0. The smallest absolute Gasteiger partial charge is 0.0410 e. The Labute approximate surface area is 105 Å². The highest BCUT2D eigenvalue weighted by atomic mass is 15.2. The van der Waals surface area contributed by atoms with Gasteiger partial charge in [0.05, 0.1) is 0 Å². The second kappa shape index (κ2) is 3.94. The first kappa shape index (κ1) is 12.3. The van der Waals surface area contributed by atoms with Crippen molar-refractivity contribution in [2.24, 2.45) is 0 Å². The highest BCUT2D eigenvalue weighted by molar-refractivity contribution is 5.67. The lowest BCUT2D eigenvalue weighted by atomic mass is 9.79. The Kier molecular flexibility index (Phi) is 2.84. The Morgan fingerprint density at radius 3 is 2.65 bits per heavy atom. The molecule has 0 saturated carbocycles. The predicted molar refractivity (Wildman–Crippen MR) is 75.7 cm³/mol. The van der Waals surface area contributed by atoms with Crippen LogP contribution in [0.2, 0.25) is 0 Å². The molecule has 1 heterocycles. The van der Waals surface area contributed by atoms with Crippen molar-refractivity contribution in [3.8, 4) is 0 Å². The predicted octanol–water partition coefficient (Wildman–Crippen LogP) is 3.69. The lowest BCUT2D eigenvalue weighted by Crippen LogP contribution is -2.48. The largest absolute Gasteiger partial charge is 0.399 e. The van der Waals surface area contributed by atoms with Crippen LogP contribution in [0.1, 0.15) is 51.2 Å². The van der Waals surface area contributed by atoms with Crippen LogP contribution in [0.4, 0.5) is 11.4 Å². The van der Waals surface area contributed by atoms with Crippen LogP contribution in [0.15, 0.2) is 12.1 Å². The van der Waals surface area contributed by atoms with Crippen LogP contribution in [0.5, 0.6) is 0 Å². The molecule has 1 aromatic carbocycles. The molecule has 2 heteroatoms. The number of nitrogen functional groups attached to an aromatic ring is 1. The van der Waals surface area contributed by atoms with E-state index in [-0.39, 0.29) is 5.54 Å². The van der Waals surface area contributed by atoms with Crippen molar-refractivity contribution in [2.75, 3.05) is 17.2 Å². The number of hydrogen-bond acceptors (Lipinski definition) is 2. The van der Waals surface area contributed by atoms with Gasteiger partial charge in [0, 0.05) is 23.5 Å². The fraction of sp³-hybridized carbons (Fsp3) is 0.600. The monoisotopic (exact) mass is 232 g/mol. The van der Waals surface area contributed by atoms with E-state index in [0.717, 1.165) is 12.2 Å². The zero-order valence-corrected chi connectivity index (χ0v) is 11.7. The van der Waals surface area contributed by atoms with Crippen LogP contribution in [-0.4, -0.2) is 12.1 Å². The zero-order valence-electron chi connectivity index (χ0n) is 11.7. The number of rotatable bonds is 1. The van der Waals surface area contributed by atoms with E-state index in [1.54, 1.807) is 0 Å². The van der Waals surface area contributed by atoms with Crippen molar-refractivity contribution >= 4 is 11.4 Å². The van der Waals surface area contributed by atoms with Gasteiger partial charge in [0.25, 0.3) is 0 Å². The van der Waals surface area contributed by atoms with E-state index in [0.29, 0.717) is 5.92 Å². The highest BCUT2D eigenvalue weighted by Gasteiger charge is 2.35. The van der Waals surface area contributed by atoms with Crippen LogP contribution >= 0.6 is 0 Å². The van der Waals surface area contributed by atoms with E-state index in [1.807, 2.05) is 0 Å². The maximum atomic E-state index is 6.04. The Morgan fingerprint density at radius 1 is 1.41 bits per heavy atom. The van der Waals surface area contributed by atoms with Crippen molar-refractivity contribution < 1.29 is 0 Å². The second-order valence-electron chi connectivity index (χ2n) is 5.93. The number of aryl methyl sites for hydroxylation is 1. The van der Waals surface area contributed by atoms with Crippen LogP contribution in [0.25, 0.3) is 0 Å². The molecule has 0 spiro atoms. The summed E-state index contributed by atoms with van der Waals surface area (Å²) in [6.07, 6.45) is 1.19. The summed E-state index contributed by atoms with van der Waals surface area (Å²) in [5.41, 5.74) is 11.2. The quantitative estimate of drug-likeness (QED) is 0.748. The van der Waals surface area contributed by atoms with Gasteiger partial charge in [-0.1, -0.05) is 6.92 Å². The van der Waals surface area contributed by atoms with Crippen molar-refractivity contribution in [3.63, 3.8) is 0 Å². The summed E-state index contributed by atoms with van der Waals surface area (Å²) in [6, 6.07) is 4.43. The number of nitrogens with two attached hydrogens (primary N) is 1. The van der Waals surface area contributed by atoms with Crippen LogP contribution in [0, 0.1) is 6.92 Å². The summed E-state index contributed by atoms with van der Waals surface area (Å²) >= 11 is 0. The molecule has 0 aromatic heterocycles. The molecule has 0 amide bonds. The SMILES string of the molecule is CCN1c2cc(C)c(N)cc2C(C)CC1(C)C. The molecule has 0 aliphatic carbocycles. The van der Waals surface area contributed by atoms with Gasteiger partial charge in [-0.3, -0.25) is 0 Å². The summed E-state index contributed by atoms with van der Waals surface area (Å²) in [6.45, 7) is 12.4. The van der Waals surface area contributed by atoms with Crippen molar-refractivity contribution in [1.29, 1.82) is 0 Å². The lowest BCUT2D eigenvalue weighted by molar-refractivity contribution is 0.381. The van der Waals surface area contributed by atoms with E-state index in [4.69, 9.17) is 5.73 Å². The van der Waals surface area contributed by atoms with Crippen molar-refractivity contribution in [1.82, 2.24) is 0 Å². The maximum Gasteiger partial charge on any atom is 0.0410 e. The molecule has 0 bridgehead atoms. The van der Waals surface area contributed by atoms with E-state index >= 15 is 0 Å². The highest BCUT2D eigenvalue weighted by Crippen LogP contribution is 2.44. The molecule has 1 aliphatic rings. The Balaban J connectivity index is 2.60. The van der Waals surface area contributed by atoms with Gasteiger partial charge in [-0.05, 0) is 63.3 Å². The molecule has 0 fully saturated rings. The summed E-state index contributed by atoms with van der Waals surface area (Å²) in [5.74, 6) is 0.589. The lowest BCUT2D eigenvalue weighted by Gasteiger charge is -2.47. The molecule has 94 valence electrons. The van der Waals surface area contributed by atoms with Gasteiger partial charge < -0.3 is 10.6 Å². The van der Waals surface area contributed by atoms with Gasteiger partial charge in [-0.25, -0.2) is 0 Å². The first-order valence-corrected chi connectivity index (χ1v) is 6.54. The molecule has 1 unspecified atom stereocenters. The average molecular weight is 232 g/mol. The van der Waals surface area contributed by atoms with Gasteiger partial charge in [-0.2, -0.15) is 0 Å². The standard InChI is InChI=1S/C15H24N2/c1-6-17-14-7-10(2)13(16)8-12(14)11(3)9-15(17,4)5/h7-8,11H,6,9,16H2,1-5H3. The first-order valence-electron chi connectivity index (χ1n) is 6.54. The minimum absolute atomic E-state index is 0.240. The Hall–Kier alpha value is -1.18. The number of hydrogen-bond donors (Lipinski definition) is 1. The third-order valence-corrected chi connectivity index (χ3v) is 4.09. The molecule has 17 heavy (non-hydrogen) atoms. The van der Waals surface area contributed by atoms with E-state index < -0.39 is 0 Å². The molecule has 1 aliphatic heterocycles. The van der Waals surface area contributed by atoms with Crippen LogP contribution in [-0.2, 0) is 0 Å². The molecule has 2 rings (SSSR count). The molecular weight excluding hydrogens is 208 g/mol. The third-order valence-electron chi connectivity index (χ3n) is 4.09. The normalized spacial score (nSPS) is 22.4. The molecule has 2 N–H and O–H groups in total. The van der Waals surface area contributed by atoms with E-state index in [1.165, 1.54) is 23.2 Å². The molecule has 2 nitrogen and oxygen atoms in total. The Morgan fingerprint density at radius 2 is 2.06 bits per heavy atom. The molecule has 0 radical (unpaired) electrons. The second-order valence-corrected chi connectivity index (χ2v) is 5.93.